The van der Waals surface area contributed by atoms with Crippen molar-refractivity contribution in [2.45, 2.75) is 58.4 Å². The topological polar surface area (TPSA) is 41.7 Å². The second-order valence-corrected chi connectivity index (χ2v) is 6.47. The van der Waals surface area contributed by atoms with Crippen molar-refractivity contribution in [3.63, 3.8) is 0 Å². The molecule has 4 heteroatoms. The summed E-state index contributed by atoms with van der Waals surface area (Å²) in [7, 11) is 0. The van der Waals surface area contributed by atoms with Gasteiger partial charge >= 0.3 is 0 Å². The van der Waals surface area contributed by atoms with E-state index < -0.39 is 0 Å². The van der Waals surface area contributed by atoms with Crippen molar-refractivity contribution in [1.82, 2.24) is 9.55 Å². The first-order chi connectivity index (χ1) is 9.31. The van der Waals surface area contributed by atoms with E-state index in [0.29, 0.717) is 5.49 Å². The van der Waals surface area contributed by atoms with Gasteiger partial charge in [0.05, 0.1) is 11.7 Å². The predicted molar refractivity (Wildman–Crippen MR) is 79.6 cm³/mol. The molecule has 0 saturated heterocycles. The van der Waals surface area contributed by atoms with Crippen LogP contribution >= 0.6 is 11.3 Å². The second-order valence-electron chi connectivity index (χ2n) is 5.38. The number of aromatic nitrogens is 2. The van der Waals surface area contributed by atoms with E-state index in [4.69, 9.17) is 5.41 Å². The van der Waals surface area contributed by atoms with Gasteiger partial charge in [-0.1, -0.05) is 19.8 Å². The number of hydrogen-bond acceptors (Lipinski definition) is 3. The van der Waals surface area contributed by atoms with Gasteiger partial charge in [-0.05, 0) is 37.7 Å². The van der Waals surface area contributed by atoms with E-state index >= 15 is 0 Å². The zero-order chi connectivity index (χ0) is 13.2. The van der Waals surface area contributed by atoms with Crippen molar-refractivity contribution in [2.75, 3.05) is 0 Å². The zero-order valence-corrected chi connectivity index (χ0v) is 12.4. The number of hydrogen-bond donors (Lipinski definition) is 1. The number of unbranched alkanes of at least 4 members (excludes halogenated alkanes) is 1. The van der Waals surface area contributed by atoms with Gasteiger partial charge in [-0.15, -0.1) is 11.3 Å². The van der Waals surface area contributed by atoms with Crippen molar-refractivity contribution >= 4 is 21.6 Å². The van der Waals surface area contributed by atoms with E-state index in [1.807, 2.05) is 22.2 Å². The SMILES string of the molecule is CCCCn1cnc2sc3c(c2c1=N)CCCCC3. The number of thiophene rings is 1. The van der Waals surface area contributed by atoms with Crippen LogP contribution in [0.2, 0.25) is 0 Å². The minimum absolute atomic E-state index is 0.679. The summed E-state index contributed by atoms with van der Waals surface area (Å²) < 4.78 is 2.02. The first-order valence-electron chi connectivity index (χ1n) is 7.35. The molecule has 19 heavy (non-hydrogen) atoms. The fraction of sp³-hybridized carbons (Fsp3) is 0.600. The minimum Gasteiger partial charge on any atom is -0.317 e. The van der Waals surface area contributed by atoms with Crippen LogP contribution in [-0.4, -0.2) is 9.55 Å². The van der Waals surface area contributed by atoms with E-state index in [2.05, 4.69) is 11.9 Å². The molecule has 102 valence electrons. The number of nitrogens with zero attached hydrogens (tertiary/aromatic N) is 2. The van der Waals surface area contributed by atoms with Gasteiger partial charge in [0.1, 0.15) is 10.3 Å². The van der Waals surface area contributed by atoms with E-state index in [9.17, 15) is 0 Å². The molecule has 0 amide bonds. The normalized spacial score (nSPS) is 15.4. The van der Waals surface area contributed by atoms with Crippen molar-refractivity contribution in [3.8, 4) is 0 Å². The van der Waals surface area contributed by atoms with Crippen LogP contribution in [0.3, 0.4) is 0 Å². The summed E-state index contributed by atoms with van der Waals surface area (Å²) in [5.74, 6) is 0. The molecular weight excluding hydrogens is 254 g/mol. The Labute approximate surface area is 117 Å². The van der Waals surface area contributed by atoms with Gasteiger partial charge in [0.15, 0.2) is 0 Å². The lowest BCUT2D eigenvalue weighted by molar-refractivity contribution is 0.597. The summed E-state index contributed by atoms with van der Waals surface area (Å²) >= 11 is 1.82. The number of fused-ring (bicyclic) bond motifs is 3. The van der Waals surface area contributed by atoms with Crippen LogP contribution in [0, 0.1) is 5.41 Å². The third-order valence-corrected chi connectivity index (χ3v) is 5.19. The molecule has 3 nitrogen and oxygen atoms in total. The molecule has 0 saturated carbocycles. The third-order valence-electron chi connectivity index (χ3n) is 3.99. The second kappa shape index (κ2) is 5.45. The van der Waals surface area contributed by atoms with Gasteiger partial charge in [-0.2, -0.15) is 0 Å². The number of aryl methyl sites for hydroxylation is 3. The molecule has 0 spiro atoms. The summed E-state index contributed by atoms with van der Waals surface area (Å²) in [4.78, 5) is 7.15. The van der Waals surface area contributed by atoms with Crippen molar-refractivity contribution in [3.05, 3.63) is 22.3 Å². The van der Waals surface area contributed by atoms with Gasteiger partial charge in [-0.3, -0.25) is 5.41 Å². The molecule has 1 aliphatic carbocycles. The van der Waals surface area contributed by atoms with E-state index in [1.54, 1.807) is 0 Å². The van der Waals surface area contributed by atoms with Crippen LogP contribution < -0.4 is 5.49 Å². The molecule has 0 unspecified atom stereocenters. The van der Waals surface area contributed by atoms with Crippen molar-refractivity contribution < 1.29 is 0 Å². The summed E-state index contributed by atoms with van der Waals surface area (Å²) in [5.41, 5.74) is 2.11. The standard InChI is InChI=1S/C15H21N3S/c1-2-3-9-18-10-17-15-13(14(18)16)11-7-5-4-6-8-12(11)19-15/h10,16H,2-9H2,1H3. The monoisotopic (exact) mass is 275 g/mol. The Bertz CT molecular complexity index is 639. The molecule has 2 heterocycles. The van der Waals surface area contributed by atoms with Gasteiger partial charge < -0.3 is 4.57 Å². The lowest BCUT2D eigenvalue weighted by Crippen LogP contribution is -2.21. The molecule has 0 aromatic carbocycles. The lowest BCUT2D eigenvalue weighted by Gasteiger charge is -2.06. The van der Waals surface area contributed by atoms with Gasteiger partial charge in [-0.25, -0.2) is 4.98 Å². The maximum atomic E-state index is 8.48. The Morgan fingerprint density at radius 1 is 1.32 bits per heavy atom. The quantitative estimate of drug-likeness (QED) is 0.854. The van der Waals surface area contributed by atoms with Crippen LogP contribution in [0.15, 0.2) is 6.33 Å². The molecule has 1 aliphatic rings. The smallest absolute Gasteiger partial charge is 0.136 e. The molecule has 1 N–H and O–H groups in total. The van der Waals surface area contributed by atoms with Gasteiger partial charge in [0, 0.05) is 11.4 Å². The largest absolute Gasteiger partial charge is 0.317 e. The average Bonchev–Trinajstić information content (AvgIpc) is 2.61. The first-order valence-corrected chi connectivity index (χ1v) is 8.17. The maximum Gasteiger partial charge on any atom is 0.136 e. The minimum atomic E-state index is 0.679. The molecule has 3 rings (SSSR count). The molecule has 0 radical (unpaired) electrons. The van der Waals surface area contributed by atoms with Gasteiger partial charge in [0.2, 0.25) is 0 Å². The summed E-state index contributed by atoms with van der Waals surface area (Å²) in [6.07, 6.45) is 10.3. The Kier molecular flexibility index (Phi) is 3.69. The van der Waals surface area contributed by atoms with Crippen LogP contribution in [0.1, 0.15) is 49.5 Å². The van der Waals surface area contributed by atoms with Crippen molar-refractivity contribution in [1.29, 1.82) is 5.41 Å². The summed E-state index contributed by atoms with van der Waals surface area (Å²) in [6, 6.07) is 0. The molecule has 0 atom stereocenters. The Morgan fingerprint density at radius 2 is 2.16 bits per heavy atom. The fourth-order valence-electron chi connectivity index (χ4n) is 2.88. The van der Waals surface area contributed by atoms with Crippen molar-refractivity contribution in [2.24, 2.45) is 0 Å². The average molecular weight is 275 g/mol. The fourth-order valence-corrected chi connectivity index (χ4v) is 4.11. The van der Waals surface area contributed by atoms with E-state index in [-0.39, 0.29) is 0 Å². The Balaban J connectivity index is 2.13. The number of nitrogens with one attached hydrogen (secondary N) is 1. The third kappa shape index (κ3) is 2.34. The number of rotatable bonds is 3. The molecule has 0 bridgehead atoms. The highest BCUT2D eigenvalue weighted by atomic mass is 32.1. The lowest BCUT2D eigenvalue weighted by atomic mass is 10.1. The molecule has 0 fully saturated rings. The first kappa shape index (κ1) is 12.9. The highest BCUT2D eigenvalue weighted by Crippen LogP contribution is 2.32. The highest BCUT2D eigenvalue weighted by Gasteiger charge is 2.17. The maximum absolute atomic E-state index is 8.48. The predicted octanol–water partition coefficient (Wildman–Crippen LogP) is 3.65. The summed E-state index contributed by atoms with van der Waals surface area (Å²) in [6.45, 7) is 3.11. The highest BCUT2D eigenvalue weighted by molar-refractivity contribution is 7.18. The molecular formula is C15H21N3S. The van der Waals surface area contributed by atoms with Crippen LogP contribution in [-0.2, 0) is 19.4 Å². The molecule has 2 aromatic heterocycles. The van der Waals surface area contributed by atoms with E-state index in [1.165, 1.54) is 36.1 Å². The molecule has 0 aliphatic heterocycles. The van der Waals surface area contributed by atoms with Crippen LogP contribution in [0.25, 0.3) is 10.2 Å². The van der Waals surface area contributed by atoms with Crippen LogP contribution in [0.4, 0.5) is 0 Å². The Hall–Kier alpha value is -1.16. The molecule has 2 aromatic rings. The van der Waals surface area contributed by atoms with E-state index in [0.717, 1.165) is 36.0 Å². The summed E-state index contributed by atoms with van der Waals surface area (Å²) in [5, 5.41) is 9.62. The zero-order valence-electron chi connectivity index (χ0n) is 11.5. The van der Waals surface area contributed by atoms with Gasteiger partial charge in [0.25, 0.3) is 0 Å². The van der Waals surface area contributed by atoms with Crippen LogP contribution in [0.5, 0.6) is 0 Å². The Morgan fingerprint density at radius 3 is 3.00 bits per heavy atom.